The number of hydrogen-bond acceptors (Lipinski definition) is 4. The fourth-order valence-corrected chi connectivity index (χ4v) is 2.88. The maximum atomic E-state index is 12.1. The first-order valence-corrected chi connectivity index (χ1v) is 5.97. The van der Waals surface area contributed by atoms with Crippen LogP contribution in [0.25, 0.3) is 0 Å². The van der Waals surface area contributed by atoms with Crippen LogP contribution in [0.15, 0.2) is 12.2 Å². The molecule has 17 heavy (non-hydrogen) atoms. The van der Waals surface area contributed by atoms with Crippen molar-refractivity contribution in [2.24, 2.45) is 16.7 Å². The summed E-state index contributed by atoms with van der Waals surface area (Å²) in [5.74, 6) is -1.00. The molecule has 0 saturated carbocycles. The number of carbonyl (C=O) groups excluding carboxylic acids is 2. The number of rotatable bonds is 2. The Balaban J connectivity index is 2.43. The third-order valence-corrected chi connectivity index (χ3v) is 3.87. The molecular formula is C13H18O4. The molecule has 1 aliphatic heterocycles. The van der Waals surface area contributed by atoms with Crippen molar-refractivity contribution in [1.29, 1.82) is 0 Å². The lowest BCUT2D eigenvalue weighted by Gasteiger charge is -2.39. The average molecular weight is 238 g/mol. The van der Waals surface area contributed by atoms with Crippen molar-refractivity contribution in [2.75, 3.05) is 13.2 Å². The van der Waals surface area contributed by atoms with Crippen LogP contribution in [-0.2, 0) is 19.1 Å². The molecular weight excluding hydrogens is 220 g/mol. The zero-order valence-electron chi connectivity index (χ0n) is 10.5. The smallest absolute Gasteiger partial charge is 0.324 e. The van der Waals surface area contributed by atoms with Crippen LogP contribution in [0.3, 0.4) is 0 Å². The quantitative estimate of drug-likeness (QED) is 0.417. The van der Waals surface area contributed by atoms with Crippen LogP contribution < -0.4 is 0 Å². The minimum Gasteiger partial charge on any atom is -0.465 e. The van der Waals surface area contributed by atoms with Crippen molar-refractivity contribution in [2.45, 2.75) is 27.2 Å². The molecule has 4 heteroatoms. The molecule has 0 aromatic carbocycles. The molecule has 0 aromatic rings. The summed E-state index contributed by atoms with van der Waals surface area (Å²) in [4.78, 5) is 24.1. The van der Waals surface area contributed by atoms with Crippen LogP contribution in [0.2, 0.25) is 0 Å². The molecule has 0 spiro atoms. The second-order valence-corrected chi connectivity index (χ2v) is 5.27. The molecule has 0 amide bonds. The molecule has 94 valence electrons. The zero-order valence-corrected chi connectivity index (χ0v) is 10.5. The minimum absolute atomic E-state index is 0.133. The van der Waals surface area contributed by atoms with Crippen molar-refractivity contribution in [3.05, 3.63) is 12.2 Å². The average Bonchev–Trinajstić information content (AvgIpc) is 2.59. The lowest BCUT2D eigenvalue weighted by Crippen LogP contribution is -2.49. The molecule has 1 fully saturated rings. The number of ether oxygens (including phenoxy) is 2. The number of carbonyl (C=O) groups is 2. The fraction of sp³-hybridized carbons (Fsp3) is 0.692. The van der Waals surface area contributed by atoms with Gasteiger partial charge in [-0.1, -0.05) is 26.0 Å². The van der Waals surface area contributed by atoms with Gasteiger partial charge >= 0.3 is 11.9 Å². The van der Waals surface area contributed by atoms with Gasteiger partial charge in [-0.3, -0.25) is 9.59 Å². The van der Waals surface area contributed by atoms with Crippen molar-refractivity contribution < 1.29 is 19.1 Å². The Kier molecular flexibility index (Phi) is 2.76. The van der Waals surface area contributed by atoms with Crippen molar-refractivity contribution >= 4 is 11.9 Å². The van der Waals surface area contributed by atoms with E-state index >= 15 is 0 Å². The zero-order chi connectivity index (χ0) is 12.7. The number of allylic oxidation sites excluding steroid dienone is 2. The summed E-state index contributed by atoms with van der Waals surface area (Å²) in [5, 5.41) is 0. The van der Waals surface area contributed by atoms with Gasteiger partial charge in [-0.2, -0.15) is 0 Å². The topological polar surface area (TPSA) is 52.6 Å². The molecule has 0 N–H and O–H groups in total. The van der Waals surface area contributed by atoms with Gasteiger partial charge in [0.1, 0.15) is 0 Å². The van der Waals surface area contributed by atoms with Crippen molar-refractivity contribution in [3.63, 3.8) is 0 Å². The Bertz CT molecular complexity index is 383. The van der Waals surface area contributed by atoms with Gasteiger partial charge in [-0.15, -0.1) is 0 Å². The third kappa shape index (κ3) is 1.58. The van der Waals surface area contributed by atoms with Gasteiger partial charge in [0.25, 0.3) is 0 Å². The highest BCUT2D eigenvalue weighted by molar-refractivity contribution is 6.02. The van der Waals surface area contributed by atoms with E-state index in [0.717, 1.165) is 0 Å². The summed E-state index contributed by atoms with van der Waals surface area (Å²) in [6.07, 6.45) is 4.33. The van der Waals surface area contributed by atoms with Crippen LogP contribution in [0.4, 0.5) is 0 Å². The summed E-state index contributed by atoms with van der Waals surface area (Å²) in [6, 6.07) is 0. The van der Waals surface area contributed by atoms with E-state index in [9.17, 15) is 9.59 Å². The third-order valence-electron chi connectivity index (χ3n) is 3.87. The normalized spacial score (nSPS) is 34.1. The van der Waals surface area contributed by atoms with Crippen molar-refractivity contribution in [3.8, 4) is 0 Å². The maximum Gasteiger partial charge on any atom is 0.324 e. The van der Waals surface area contributed by atoms with Crippen molar-refractivity contribution in [1.82, 2.24) is 0 Å². The summed E-state index contributed by atoms with van der Waals surface area (Å²) >= 11 is 0. The Morgan fingerprint density at radius 2 is 2.29 bits per heavy atom. The largest absolute Gasteiger partial charge is 0.465 e. The molecule has 0 radical (unpaired) electrons. The lowest BCUT2D eigenvalue weighted by molar-refractivity contribution is -0.167. The first-order valence-electron chi connectivity index (χ1n) is 5.97. The van der Waals surface area contributed by atoms with Crippen LogP contribution >= 0.6 is 0 Å². The molecule has 0 aromatic heterocycles. The highest BCUT2D eigenvalue weighted by Gasteiger charge is 2.63. The highest BCUT2D eigenvalue weighted by atomic mass is 16.6. The minimum atomic E-state index is -1.12. The van der Waals surface area contributed by atoms with Gasteiger partial charge in [0.15, 0.2) is 5.41 Å². The van der Waals surface area contributed by atoms with E-state index in [0.29, 0.717) is 13.0 Å². The van der Waals surface area contributed by atoms with Crippen LogP contribution in [-0.4, -0.2) is 25.2 Å². The van der Waals surface area contributed by atoms with Gasteiger partial charge in [0.05, 0.1) is 13.2 Å². The Morgan fingerprint density at radius 1 is 1.59 bits per heavy atom. The number of cyclic esters (lactones) is 1. The molecule has 2 atom stereocenters. The van der Waals surface area contributed by atoms with Gasteiger partial charge in [0.2, 0.25) is 0 Å². The van der Waals surface area contributed by atoms with E-state index in [-0.39, 0.29) is 17.9 Å². The predicted molar refractivity (Wildman–Crippen MR) is 61.1 cm³/mol. The van der Waals surface area contributed by atoms with Crippen LogP contribution in [0.1, 0.15) is 27.2 Å². The summed E-state index contributed by atoms with van der Waals surface area (Å²) < 4.78 is 10.2. The number of fused-ring (bicyclic) bond motifs is 1. The molecule has 1 heterocycles. The maximum absolute atomic E-state index is 12.1. The van der Waals surface area contributed by atoms with Gasteiger partial charge in [0, 0.05) is 5.92 Å². The molecule has 0 unspecified atom stereocenters. The number of hydrogen-bond donors (Lipinski definition) is 0. The molecule has 2 rings (SSSR count). The second-order valence-electron chi connectivity index (χ2n) is 5.27. The standard InChI is InChI=1S/C13H18O4/c1-4-16-10(14)13-7-5-6-12(2,3)9(13)8-17-11(13)15/h5-6,9H,4,7-8H2,1-3H3/t9-,13-/m1/s1. The van der Waals surface area contributed by atoms with E-state index in [4.69, 9.17) is 9.47 Å². The first-order chi connectivity index (χ1) is 7.95. The predicted octanol–water partition coefficient (Wildman–Crippen LogP) is 1.70. The summed E-state index contributed by atoms with van der Waals surface area (Å²) in [6.45, 7) is 6.36. The van der Waals surface area contributed by atoms with E-state index in [1.165, 1.54) is 0 Å². The summed E-state index contributed by atoms with van der Waals surface area (Å²) in [7, 11) is 0. The van der Waals surface area contributed by atoms with E-state index < -0.39 is 17.4 Å². The molecule has 4 nitrogen and oxygen atoms in total. The van der Waals surface area contributed by atoms with E-state index in [1.807, 2.05) is 19.9 Å². The summed E-state index contributed by atoms with van der Waals surface area (Å²) in [5.41, 5.74) is -1.34. The Morgan fingerprint density at radius 3 is 2.94 bits per heavy atom. The molecule has 2 aliphatic rings. The van der Waals surface area contributed by atoms with Gasteiger partial charge < -0.3 is 9.47 Å². The molecule has 0 bridgehead atoms. The van der Waals surface area contributed by atoms with Crippen LogP contribution in [0, 0.1) is 16.7 Å². The van der Waals surface area contributed by atoms with Crippen LogP contribution in [0.5, 0.6) is 0 Å². The number of esters is 2. The Labute approximate surface area is 101 Å². The second kappa shape index (κ2) is 3.86. The lowest BCUT2D eigenvalue weighted by atomic mass is 9.60. The Hall–Kier alpha value is -1.32. The van der Waals surface area contributed by atoms with Gasteiger partial charge in [-0.05, 0) is 18.8 Å². The van der Waals surface area contributed by atoms with E-state index in [2.05, 4.69) is 6.08 Å². The highest BCUT2D eigenvalue weighted by Crippen LogP contribution is 2.52. The molecule has 1 aliphatic carbocycles. The molecule has 1 saturated heterocycles. The fourth-order valence-electron chi connectivity index (χ4n) is 2.88. The van der Waals surface area contributed by atoms with Gasteiger partial charge in [-0.25, -0.2) is 0 Å². The monoisotopic (exact) mass is 238 g/mol. The first kappa shape index (κ1) is 12.1. The van der Waals surface area contributed by atoms with E-state index in [1.54, 1.807) is 6.92 Å². The SMILES string of the molecule is CCOC(=O)[C@@]12CC=CC(C)(C)[C@H]1COC2=O.